The summed E-state index contributed by atoms with van der Waals surface area (Å²) < 4.78 is 26.5. The zero-order valence-corrected chi connectivity index (χ0v) is 17.3. The molecule has 0 aromatic heterocycles. The molecular weight excluding hydrogens is 428 g/mol. The number of benzene rings is 2. The van der Waals surface area contributed by atoms with Crippen molar-refractivity contribution in [2.75, 3.05) is 37.6 Å². The second-order valence-corrected chi connectivity index (χ2v) is 8.01. The first kappa shape index (κ1) is 21.2. The number of carbonyl (C=O) groups is 3. The molecule has 1 unspecified atom stereocenters. The Kier molecular flexibility index (Phi) is 5.91. The fourth-order valence-corrected chi connectivity index (χ4v) is 4.21. The molecule has 6 nitrogen and oxygen atoms in total. The highest BCUT2D eigenvalue weighted by Crippen LogP contribution is 2.31. The lowest BCUT2D eigenvalue weighted by Crippen LogP contribution is -2.52. The average Bonchev–Trinajstić information content (AvgIpc) is 3.16. The molecule has 0 spiro atoms. The summed E-state index contributed by atoms with van der Waals surface area (Å²) in [7, 11) is 0. The predicted molar refractivity (Wildman–Crippen MR) is 111 cm³/mol. The Labute approximate surface area is 183 Å². The van der Waals surface area contributed by atoms with E-state index in [1.54, 1.807) is 29.2 Å². The lowest BCUT2D eigenvalue weighted by molar-refractivity contribution is -0.137. The van der Waals surface area contributed by atoms with E-state index in [0.717, 1.165) is 12.1 Å². The van der Waals surface area contributed by atoms with Crippen molar-refractivity contribution >= 4 is 35.0 Å². The number of hydrogen-bond donors (Lipinski definition) is 0. The number of halogens is 3. The smallest absolute Gasteiger partial charge is 0.254 e. The largest absolute Gasteiger partial charge is 0.339 e. The van der Waals surface area contributed by atoms with Crippen LogP contribution in [0.25, 0.3) is 0 Å². The lowest BCUT2D eigenvalue weighted by Gasteiger charge is -2.36. The summed E-state index contributed by atoms with van der Waals surface area (Å²) in [5.74, 6) is -3.26. The summed E-state index contributed by atoms with van der Waals surface area (Å²) in [5, 5.41) is 0.452. The summed E-state index contributed by atoms with van der Waals surface area (Å²) in [6, 6.07) is 10.0. The standard InChI is InChI=1S/C22H20ClF2N3O3/c23-16-3-1-2-4-19(16)28-13-15(12-20(28)29)22(31)27-9-7-26(8-10-27)21(30)14-5-6-17(24)18(25)11-14/h1-6,11,15H,7-10,12-13H2. The second kappa shape index (κ2) is 8.63. The van der Waals surface area contributed by atoms with Crippen LogP contribution in [0.3, 0.4) is 0 Å². The van der Waals surface area contributed by atoms with Crippen molar-refractivity contribution in [2.24, 2.45) is 5.92 Å². The van der Waals surface area contributed by atoms with Gasteiger partial charge in [0.2, 0.25) is 11.8 Å². The van der Waals surface area contributed by atoms with Gasteiger partial charge in [-0.25, -0.2) is 8.78 Å². The Morgan fingerprint density at radius 3 is 2.29 bits per heavy atom. The monoisotopic (exact) mass is 447 g/mol. The minimum atomic E-state index is -1.08. The van der Waals surface area contributed by atoms with Crippen LogP contribution in [0.5, 0.6) is 0 Å². The molecule has 2 saturated heterocycles. The van der Waals surface area contributed by atoms with Gasteiger partial charge in [0.15, 0.2) is 11.6 Å². The number of piperazine rings is 1. The van der Waals surface area contributed by atoms with E-state index in [1.807, 2.05) is 0 Å². The van der Waals surface area contributed by atoms with Crippen LogP contribution in [0.15, 0.2) is 42.5 Å². The fraction of sp³-hybridized carbons (Fsp3) is 0.318. The Morgan fingerprint density at radius 1 is 0.935 bits per heavy atom. The molecule has 2 aliphatic heterocycles. The van der Waals surface area contributed by atoms with Crippen LogP contribution in [0, 0.1) is 17.6 Å². The fourth-order valence-electron chi connectivity index (χ4n) is 3.98. The molecule has 0 radical (unpaired) electrons. The highest BCUT2D eigenvalue weighted by molar-refractivity contribution is 6.33. The molecular formula is C22H20ClF2N3O3. The van der Waals surface area contributed by atoms with E-state index in [-0.39, 0.29) is 43.4 Å². The molecule has 2 aliphatic rings. The quantitative estimate of drug-likeness (QED) is 0.727. The zero-order chi connectivity index (χ0) is 22.1. The lowest BCUT2D eigenvalue weighted by atomic mass is 10.1. The summed E-state index contributed by atoms with van der Waals surface area (Å²) in [5.41, 5.74) is 0.655. The van der Waals surface area contributed by atoms with Crippen molar-refractivity contribution in [3.8, 4) is 0 Å². The van der Waals surface area contributed by atoms with E-state index in [9.17, 15) is 23.2 Å². The van der Waals surface area contributed by atoms with Gasteiger partial charge in [0, 0.05) is 44.7 Å². The summed E-state index contributed by atoms with van der Waals surface area (Å²) >= 11 is 6.19. The van der Waals surface area contributed by atoms with E-state index < -0.39 is 23.5 Å². The van der Waals surface area contributed by atoms with Crippen LogP contribution in [0.4, 0.5) is 14.5 Å². The summed E-state index contributed by atoms with van der Waals surface area (Å²) in [6.45, 7) is 1.43. The van der Waals surface area contributed by atoms with Crippen LogP contribution >= 0.6 is 11.6 Å². The highest BCUT2D eigenvalue weighted by Gasteiger charge is 2.38. The van der Waals surface area contributed by atoms with E-state index >= 15 is 0 Å². The van der Waals surface area contributed by atoms with Gasteiger partial charge in [0.1, 0.15) is 0 Å². The first-order valence-electron chi connectivity index (χ1n) is 9.93. The van der Waals surface area contributed by atoms with Crippen LogP contribution in [-0.2, 0) is 9.59 Å². The van der Waals surface area contributed by atoms with E-state index in [1.165, 1.54) is 15.9 Å². The van der Waals surface area contributed by atoms with Crippen molar-refractivity contribution in [2.45, 2.75) is 6.42 Å². The molecule has 2 aromatic carbocycles. The molecule has 4 rings (SSSR count). The number of para-hydroxylation sites is 1. The molecule has 0 saturated carbocycles. The predicted octanol–water partition coefficient (Wildman–Crippen LogP) is 2.96. The van der Waals surface area contributed by atoms with E-state index in [4.69, 9.17) is 11.6 Å². The van der Waals surface area contributed by atoms with Gasteiger partial charge in [-0.1, -0.05) is 23.7 Å². The first-order chi connectivity index (χ1) is 14.8. The maximum atomic E-state index is 13.4. The van der Waals surface area contributed by atoms with Crippen molar-refractivity contribution in [1.82, 2.24) is 9.80 Å². The van der Waals surface area contributed by atoms with Crippen molar-refractivity contribution < 1.29 is 23.2 Å². The Bertz CT molecular complexity index is 1040. The molecule has 3 amide bonds. The topological polar surface area (TPSA) is 60.9 Å². The minimum Gasteiger partial charge on any atom is -0.339 e. The number of nitrogens with zero attached hydrogens (tertiary/aromatic N) is 3. The van der Waals surface area contributed by atoms with E-state index in [0.29, 0.717) is 23.8 Å². The third-order valence-electron chi connectivity index (χ3n) is 5.66. The third-order valence-corrected chi connectivity index (χ3v) is 5.98. The van der Waals surface area contributed by atoms with Crippen LogP contribution < -0.4 is 4.90 Å². The summed E-state index contributed by atoms with van der Waals surface area (Å²) in [4.78, 5) is 42.6. The number of amides is 3. The normalized spacial score (nSPS) is 19.1. The van der Waals surface area contributed by atoms with Gasteiger partial charge >= 0.3 is 0 Å². The molecule has 1 atom stereocenters. The number of anilines is 1. The molecule has 31 heavy (non-hydrogen) atoms. The molecule has 0 N–H and O–H groups in total. The Balaban J connectivity index is 1.36. The molecule has 2 fully saturated rings. The molecule has 162 valence electrons. The number of hydrogen-bond acceptors (Lipinski definition) is 3. The van der Waals surface area contributed by atoms with Gasteiger partial charge < -0.3 is 14.7 Å². The van der Waals surface area contributed by atoms with Crippen molar-refractivity contribution in [1.29, 1.82) is 0 Å². The molecule has 0 bridgehead atoms. The third kappa shape index (κ3) is 4.25. The first-order valence-corrected chi connectivity index (χ1v) is 10.3. The second-order valence-electron chi connectivity index (χ2n) is 7.60. The van der Waals surface area contributed by atoms with Crippen LogP contribution in [-0.4, -0.2) is 60.2 Å². The van der Waals surface area contributed by atoms with Crippen molar-refractivity contribution in [3.05, 3.63) is 64.7 Å². The van der Waals surface area contributed by atoms with Crippen LogP contribution in [0.2, 0.25) is 5.02 Å². The maximum Gasteiger partial charge on any atom is 0.254 e. The molecule has 2 aromatic rings. The maximum absolute atomic E-state index is 13.4. The van der Waals surface area contributed by atoms with Crippen molar-refractivity contribution in [3.63, 3.8) is 0 Å². The summed E-state index contributed by atoms with van der Waals surface area (Å²) in [6.07, 6.45) is 0.109. The molecule has 2 heterocycles. The Hall–Kier alpha value is -3.00. The molecule has 9 heteroatoms. The minimum absolute atomic E-state index is 0.0652. The van der Waals surface area contributed by atoms with Gasteiger partial charge in [0.05, 0.1) is 16.6 Å². The average molecular weight is 448 g/mol. The van der Waals surface area contributed by atoms with Gasteiger partial charge in [-0.05, 0) is 30.3 Å². The van der Waals surface area contributed by atoms with Crippen LogP contribution in [0.1, 0.15) is 16.8 Å². The van der Waals surface area contributed by atoms with Gasteiger partial charge in [-0.3, -0.25) is 14.4 Å². The Morgan fingerprint density at radius 2 is 1.61 bits per heavy atom. The van der Waals surface area contributed by atoms with Gasteiger partial charge in [-0.15, -0.1) is 0 Å². The SMILES string of the molecule is O=C(c1ccc(F)c(F)c1)N1CCN(C(=O)C2CC(=O)N(c3ccccc3Cl)C2)CC1. The molecule has 0 aliphatic carbocycles. The highest BCUT2D eigenvalue weighted by atomic mass is 35.5. The van der Waals surface area contributed by atoms with Gasteiger partial charge in [0.25, 0.3) is 5.91 Å². The number of rotatable bonds is 3. The van der Waals surface area contributed by atoms with E-state index in [2.05, 4.69) is 0 Å². The van der Waals surface area contributed by atoms with Gasteiger partial charge in [-0.2, -0.15) is 0 Å². The zero-order valence-electron chi connectivity index (χ0n) is 16.6. The number of carbonyl (C=O) groups excluding carboxylic acids is 3.